The molecule has 2 heterocycles. The van der Waals surface area contributed by atoms with Gasteiger partial charge in [-0.05, 0) is 74.4 Å². The van der Waals surface area contributed by atoms with E-state index in [2.05, 4.69) is 10.6 Å². The molecule has 0 unspecified atom stereocenters. The zero-order valence-corrected chi connectivity index (χ0v) is 22.8. The van der Waals surface area contributed by atoms with E-state index in [-0.39, 0.29) is 25.6 Å². The number of amidine groups is 1. The molecular weight excluding hydrogens is 476 g/mol. The minimum Gasteiger partial charge on any atom is -0.396 e. The number of hydrogen-bond acceptors (Lipinski definition) is 6. The lowest BCUT2D eigenvalue weighted by Crippen LogP contribution is -2.50. The maximum atomic E-state index is 13.0. The van der Waals surface area contributed by atoms with E-state index in [1.54, 1.807) is 6.08 Å². The van der Waals surface area contributed by atoms with E-state index in [1.165, 1.54) is 16.1 Å². The number of benzene rings is 1. The van der Waals surface area contributed by atoms with E-state index in [1.807, 2.05) is 33.0 Å². The number of carbonyl (C=O) groups is 1. The standard InChI is InChI=1S/C27H42N4O4S/c1-21-19-23(28-3)20-22(2)24(21)12-18-36(34,35)31-15-13-27(14-16-31)26(33)29-25(30-27)11-9-7-5-4-6-8-10-17-32/h12,18-20,28,32H,4-11,13-17H2,1-3H3,(H,29,30,33). The molecule has 36 heavy (non-hydrogen) atoms. The Balaban J connectivity index is 1.52. The van der Waals surface area contributed by atoms with Crippen molar-refractivity contribution in [2.45, 2.75) is 83.6 Å². The number of piperidine rings is 1. The van der Waals surface area contributed by atoms with Crippen LogP contribution in [-0.4, -0.2) is 61.9 Å². The van der Waals surface area contributed by atoms with Crippen LogP contribution in [0.5, 0.6) is 0 Å². The normalized spacial score (nSPS) is 18.1. The molecule has 0 aliphatic carbocycles. The van der Waals surface area contributed by atoms with Crippen LogP contribution in [-0.2, 0) is 14.8 Å². The van der Waals surface area contributed by atoms with Crippen molar-refractivity contribution in [3.8, 4) is 0 Å². The Kier molecular flexibility index (Phi) is 10.1. The molecule has 0 saturated carbocycles. The lowest BCUT2D eigenvalue weighted by Gasteiger charge is -2.34. The number of hydrogen-bond donors (Lipinski definition) is 3. The van der Waals surface area contributed by atoms with Gasteiger partial charge < -0.3 is 15.7 Å². The van der Waals surface area contributed by atoms with Crippen molar-refractivity contribution >= 4 is 33.5 Å². The fraction of sp³-hybridized carbons (Fsp3) is 0.630. The number of anilines is 1. The first kappa shape index (κ1) is 28.3. The molecule has 1 amide bonds. The van der Waals surface area contributed by atoms with Gasteiger partial charge in [-0.2, -0.15) is 4.31 Å². The van der Waals surface area contributed by atoms with Crippen molar-refractivity contribution in [1.29, 1.82) is 0 Å². The number of rotatable bonds is 13. The second-order valence-corrected chi connectivity index (χ2v) is 11.8. The molecular formula is C27H42N4O4S. The number of aliphatic hydroxyl groups excluding tert-OH is 1. The lowest BCUT2D eigenvalue weighted by molar-refractivity contribution is -0.124. The van der Waals surface area contributed by atoms with Crippen molar-refractivity contribution in [2.24, 2.45) is 4.99 Å². The Morgan fingerprint density at radius 2 is 1.64 bits per heavy atom. The lowest BCUT2D eigenvalue weighted by atomic mass is 9.89. The molecule has 9 heteroatoms. The van der Waals surface area contributed by atoms with Crippen molar-refractivity contribution in [3.05, 3.63) is 34.2 Å². The maximum absolute atomic E-state index is 13.0. The number of aliphatic hydroxyl groups is 1. The Labute approximate surface area is 216 Å². The first-order valence-corrected chi connectivity index (χ1v) is 14.7. The molecule has 0 atom stereocenters. The summed E-state index contributed by atoms with van der Waals surface area (Å²) in [5.41, 5.74) is 3.09. The molecule has 2 aliphatic rings. The van der Waals surface area contributed by atoms with Crippen LogP contribution in [0.25, 0.3) is 6.08 Å². The van der Waals surface area contributed by atoms with E-state index in [0.717, 1.165) is 73.2 Å². The van der Waals surface area contributed by atoms with Crippen LogP contribution in [0.2, 0.25) is 0 Å². The number of aliphatic imine (C=N–C) groups is 1. The maximum Gasteiger partial charge on any atom is 0.253 e. The summed E-state index contributed by atoms with van der Waals surface area (Å²) in [6.45, 7) is 4.77. The predicted octanol–water partition coefficient (Wildman–Crippen LogP) is 4.12. The predicted molar refractivity (Wildman–Crippen MR) is 147 cm³/mol. The third-order valence-corrected chi connectivity index (χ3v) is 8.86. The smallest absolute Gasteiger partial charge is 0.253 e. The van der Waals surface area contributed by atoms with E-state index < -0.39 is 15.6 Å². The number of unbranched alkanes of at least 4 members (excludes halogenated alkanes) is 6. The third-order valence-electron chi connectivity index (χ3n) is 7.30. The van der Waals surface area contributed by atoms with Crippen LogP contribution in [0.3, 0.4) is 0 Å². The molecule has 3 rings (SSSR count). The molecule has 1 fully saturated rings. The van der Waals surface area contributed by atoms with Gasteiger partial charge in [0.15, 0.2) is 0 Å². The van der Waals surface area contributed by atoms with Gasteiger partial charge in [0.2, 0.25) is 10.0 Å². The second kappa shape index (κ2) is 12.8. The number of carbonyl (C=O) groups excluding carboxylic acids is 1. The summed E-state index contributed by atoms with van der Waals surface area (Å²) in [5.74, 6) is 0.650. The first-order chi connectivity index (χ1) is 17.2. The Morgan fingerprint density at radius 3 is 2.22 bits per heavy atom. The van der Waals surface area contributed by atoms with Gasteiger partial charge in [0.25, 0.3) is 5.91 Å². The zero-order valence-electron chi connectivity index (χ0n) is 22.0. The molecule has 200 valence electrons. The number of amides is 1. The molecule has 1 aromatic carbocycles. The summed E-state index contributed by atoms with van der Waals surface area (Å²) in [6.07, 6.45) is 10.7. The fourth-order valence-electron chi connectivity index (χ4n) is 5.06. The largest absolute Gasteiger partial charge is 0.396 e. The highest BCUT2D eigenvalue weighted by atomic mass is 32.2. The Morgan fingerprint density at radius 1 is 1.06 bits per heavy atom. The summed E-state index contributed by atoms with van der Waals surface area (Å²) >= 11 is 0. The van der Waals surface area contributed by atoms with Gasteiger partial charge in [-0.3, -0.25) is 9.79 Å². The third kappa shape index (κ3) is 7.17. The number of nitrogens with one attached hydrogen (secondary N) is 2. The molecule has 3 N–H and O–H groups in total. The molecule has 2 aliphatic heterocycles. The molecule has 0 bridgehead atoms. The van der Waals surface area contributed by atoms with E-state index >= 15 is 0 Å². The van der Waals surface area contributed by atoms with Gasteiger partial charge in [0.05, 0.1) is 0 Å². The molecule has 1 aromatic rings. The number of aryl methyl sites for hydroxylation is 2. The van der Waals surface area contributed by atoms with Gasteiger partial charge in [-0.1, -0.05) is 32.1 Å². The van der Waals surface area contributed by atoms with Crippen LogP contribution in [0.4, 0.5) is 5.69 Å². The van der Waals surface area contributed by atoms with E-state index in [9.17, 15) is 13.2 Å². The van der Waals surface area contributed by atoms with Crippen LogP contribution in [0.1, 0.15) is 80.9 Å². The van der Waals surface area contributed by atoms with Gasteiger partial charge in [-0.15, -0.1) is 0 Å². The molecule has 0 radical (unpaired) electrons. The highest BCUT2D eigenvalue weighted by Gasteiger charge is 2.46. The SMILES string of the molecule is CNc1cc(C)c(C=CS(=O)(=O)N2CCC3(CC2)N=C(CCCCCCCCCO)NC3=O)c(C)c1. The van der Waals surface area contributed by atoms with Gasteiger partial charge in [0.1, 0.15) is 11.4 Å². The van der Waals surface area contributed by atoms with Gasteiger partial charge in [0, 0.05) is 44.3 Å². The highest BCUT2D eigenvalue weighted by Crippen LogP contribution is 2.32. The Hall–Kier alpha value is -2.23. The van der Waals surface area contributed by atoms with Crippen molar-refractivity contribution in [1.82, 2.24) is 9.62 Å². The van der Waals surface area contributed by atoms with Gasteiger partial charge >= 0.3 is 0 Å². The van der Waals surface area contributed by atoms with Gasteiger partial charge in [-0.25, -0.2) is 8.42 Å². The molecule has 0 aromatic heterocycles. The number of sulfonamides is 1. The van der Waals surface area contributed by atoms with Crippen LogP contribution >= 0.6 is 0 Å². The summed E-state index contributed by atoms with van der Waals surface area (Å²) < 4.78 is 27.5. The van der Waals surface area contributed by atoms with E-state index in [4.69, 9.17) is 10.1 Å². The zero-order chi connectivity index (χ0) is 26.2. The molecule has 1 saturated heterocycles. The van der Waals surface area contributed by atoms with E-state index in [0.29, 0.717) is 12.8 Å². The quantitative estimate of drug-likeness (QED) is 0.340. The molecule has 1 spiro atoms. The van der Waals surface area contributed by atoms with Crippen molar-refractivity contribution < 1.29 is 18.3 Å². The number of nitrogens with zero attached hydrogens (tertiary/aromatic N) is 2. The average Bonchev–Trinajstić information content (AvgIpc) is 3.14. The monoisotopic (exact) mass is 518 g/mol. The molecule has 8 nitrogen and oxygen atoms in total. The minimum atomic E-state index is -3.59. The summed E-state index contributed by atoms with van der Waals surface area (Å²) in [7, 11) is -1.73. The summed E-state index contributed by atoms with van der Waals surface area (Å²) in [5, 5.41) is 16.2. The topological polar surface area (TPSA) is 111 Å². The second-order valence-electron chi connectivity index (χ2n) is 10.0. The Bertz CT molecular complexity index is 1050. The highest BCUT2D eigenvalue weighted by molar-refractivity contribution is 7.92. The summed E-state index contributed by atoms with van der Waals surface area (Å²) in [6, 6.07) is 4.00. The average molecular weight is 519 g/mol. The first-order valence-electron chi connectivity index (χ1n) is 13.2. The summed E-state index contributed by atoms with van der Waals surface area (Å²) in [4.78, 5) is 17.5. The fourth-order valence-corrected chi connectivity index (χ4v) is 6.23. The van der Waals surface area contributed by atoms with Crippen molar-refractivity contribution in [2.75, 3.05) is 32.1 Å². The minimum absolute atomic E-state index is 0.0926. The van der Waals surface area contributed by atoms with Crippen LogP contribution in [0, 0.1) is 13.8 Å². The van der Waals surface area contributed by atoms with Crippen LogP contribution < -0.4 is 10.6 Å². The van der Waals surface area contributed by atoms with Crippen molar-refractivity contribution in [3.63, 3.8) is 0 Å². The van der Waals surface area contributed by atoms with Crippen LogP contribution in [0.15, 0.2) is 22.5 Å².